The Labute approximate surface area is 87.5 Å². The Balaban J connectivity index is 0. The summed E-state index contributed by atoms with van der Waals surface area (Å²) in [6.07, 6.45) is 6.96. The van der Waals surface area contributed by atoms with Crippen LogP contribution in [0.3, 0.4) is 0 Å². The first kappa shape index (κ1) is 15.0. The van der Waals surface area contributed by atoms with Crippen LogP contribution in [0.2, 0.25) is 0 Å². The summed E-state index contributed by atoms with van der Waals surface area (Å²) in [7, 11) is 0. The van der Waals surface area contributed by atoms with Crippen molar-refractivity contribution in [3.05, 3.63) is 0 Å². The molecule has 76 valence electrons. The molecule has 0 aromatic carbocycles. The Morgan fingerprint density at radius 3 is 2.08 bits per heavy atom. The second-order valence-electron chi connectivity index (χ2n) is 3.35. The van der Waals surface area contributed by atoms with E-state index in [1.54, 1.807) is 0 Å². The molecule has 1 rings (SSSR count). The molecule has 0 aromatic rings. The molecule has 0 radical (unpaired) electrons. The molecular formula is C8H20Cl2N2. The number of rotatable bonds is 2. The van der Waals surface area contributed by atoms with Gasteiger partial charge in [0.05, 0.1) is 0 Å². The maximum atomic E-state index is 5.35. The molecule has 0 aliphatic heterocycles. The Bertz CT molecular complexity index is 95.1. The quantitative estimate of drug-likeness (QED) is 0.547. The molecule has 4 heteroatoms. The maximum Gasteiger partial charge on any atom is 0.0210 e. The van der Waals surface area contributed by atoms with Gasteiger partial charge in [-0.05, 0) is 25.7 Å². The summed E-state index contributed by atoms with van der Waals surface area (Å²) in [5, 5.41) is 0. The highest BCUT2D eigenvalue weighted by Crippen LogP contribution is 2.25. The summed E-state index contributed by atoms with van der Waals surface area (Å²) in [5.74, 6) is 6.19. The minimum Gasteiger partial charge on any atom is -0.271 e. The van der Waals surface area contributed by atoms with Crippen LogP contribution in [0, 0.1) is 5.92 Å². The highest BCUT2D eigenvalue weighted by molar-refractivity contribution is 5.85. The van der Waals surface area contributed by atoms with E-state index >= 15 is 0 Å². The van der Waals surface area contributed by atoms with Gasteiger partial charge in [0.15, 0.2) is 0 Å². The van der Waals surface area contributed by atoms with E-state index in [2.05, 4.69) is 12.3 Å². The highest BCUT2D eigenvalue weighted by atomic mass is 35.5. The van der Waals surface area contributed by atoms with Crippen molar-refractivity contribution < 1.29 is 0 Å². The monoisotopic (exact) mass is 214 g/mol. The minimum atomic E-state index is 0. The number of nitrogens with two attached hydrogens (primary N) is 1. The van der Waals surface area contributed by atoms with Crippen LogP contribution in [0.5, 0.6) is 0 Å². The lowest BCUT2D eigenvalue weighted by Crippen LogP contribution is -2.39. The summed E-state index contributed by atoms with van der Waals surface area (Å²) in [5.41, 5.74) is 2.83. The number of hydrogen-bond acceptors (Lipinski definition) is 2. The average Bonchev–Trinajstić information content (AvgIpc) is 2.05. The lowest BCUT2D eigenvalue weighted by atomic mass is 9.85. The van der Waals surface area contributed by atoms with Gasteiger partial charge >= 0.3 is 0 Å². The van der Waals surface area contributed by atoms with Gasteiger partial charge in [-0.1, -0.05) is 19.3 Å². The molecule has 1 aliphatic rings. The smallest absolute Gasteiger partial charge is 0.0210 e. The van der Waals surface area contributed by atoms with Gasteiger partial charge in [-0.25, -0.2) is 0 Å². The van der Waals surface area contributed by atoms with Crippen LogP contribution in [0.15, 0.2) is 0 Å². The van der Waals surface area contributed by atoms with Crippen molar-refractivity contribution in [1.82, 2.24) is 5.43 Å². The third-order valence-corrected chi connectivity index (χ3v) is 2.62. The third kappa shape index (κ3) is 4.51. The standard InChI is InChI=1S/C8H18N2.2ClH/c1-7(10-9)8-5-3-2-4-6-8;;/h7-8,10H,2-6,9H2,1H3;2*1H. The van der Waals surface area contributed by atoms with Gasteiger partial charge in [0.25, 0.3) is 0 Å². The second-order valence-corrected chi connectivity index (χ2v) is 3.35. The zero-order valence-corrected chi connectivity index (χ0v) is 9.22. The molecule has 1 aliphatic carbocycles. The molecule has 0 saturated heterocycles. The lowest BCUT2D eigenvalue weighted by Gasteiger charge is -2.26. The Kier molecular flexibility index (Phi) is 10.1. The van der Waals surface area contributed by atoms with Gasteiger partial charge in [-0.2, -0.15) is 0 Å². The Hall–Kier alpha value is 0.500. The van der Waals surface area contributed by atoms with Crippen LogP contribution in [0.25, 0.3) is 0 Å². The first-order valence-electron chi connectivity index (χ1n) is 4.30. The predicted octanol–water partition coefficient (Wildman–Crippen LogP) is 2.26. The predicted molar refractivity (Wildman–Crippen MR) is 57.9 cm³/mol. The average molecular weight is 215 g/mol. The fraction of sp³-hybridized carbons (Fsp3) is 1.00. The summed E-state index contributed by atoms with van der Waals surface area (Å²) < 4.78 is 0. The normalized spacial score (nSPS) is 20.5. The molecule has 0 aromatic heterocycles. The fourth-order valence-corrected chi connectivity index (χ4v) is 1.77. The van der Waals surface area contributed by atoms with Crippen LogP contribution in [-0.2, 0) is 0 Å². The molecule has 1 atom stereocenters. The topological polar surface area (TPSA) is 38.0 Å². The second kappa shape index (κ2) is 8.11. The van der Waals surface area contributed by atoms with E-state index in [-0.39, 0.29) is 24.8 Å². The molecule has 0 heterocycles. The Morgan fingerprint density at radius 2 is 1.67 bits per heavy atom. The number of halogens is 2. The molecular weight excluding hydrogens is 195 g/mol. The largest absolute Gasteiger partial charge is 0.271 e. The first-order chi connectivity index (χ1) is 4.84. The van der Waals surface area contributed by atoms with E-state index in [4.69, 9.17) is 5.84 Å². The van der Waals surface area contributed by atoms with E-state index in [1.165, 1.54) is 32.1 Å². The van der Waals surface area contributed by atoms with Crippen LogP contribution in [-0.4, -0.2) is 6.04 Å². The molecule has 0 spiro atoms. The van der Waals surface area contributed by atoms with Crippen molar-refractivity contribution in [1.29, 1.82) is 0 Å². The van der Waals surface area contributed by atoms with Crippen molar-refractivity contribution in [2.75, 3.05) is 0 Å². The van der Waals surface area contributed by atoms with Crippen LogP contribution in [0.1, 0.15) is 39.0 Å². The van der Waals surface area contributed by atoms with Gasteiger partial charge in [-0.3, -0.25) is 11.3 Å². The van der Waals surface area contributed by atoms with Crippen molar-refractivity contribution in [3.8, 4) is 0 Å². The van der Waals surface area contributed by atoms with E-state index < -0.39 is 0 Å². The number of nitrogens with one attached hydrogen (secondary N) is 1. The molecule has 2 nitrogen and oxygen atoms in total. The van der Waals surface area contributed by atoms with Crippen molar-refractivity contribution in [3.63, 3.8) is 0 Å². The van der Waals surface area contributed by atoms with E-state index in [9.17, 15) is 0 Å². The molecule has 0 amide bonds. The molecule has 1 fully saturated rings. The SMILES string of the molecule is CC(NN)C1CCCCC1.Cl.Cl. The summed E-state index contributed by atoms with van der Waals surface area (Å²) in [6.45, 7) is 2.18. The van der Waals surface area contributed by atoms with Gasteiger partial charge in [0, 0.05) is 6.04 Å². The van der Waals surface area contributed by atoms with E-state index in [0.717, 1.165) is 5.92 Å². The van der Waals surface area contributed by atoms with Crippen molar-refractivity contribution in [2.45, 2.75) is 45.1 Å². The van der Waals surface area contributed by atoms with E-state index in [1.807, 2.05) is 0 Å². The van der Waals surface area contributed by atoms with Crippen molar-refractivity contribution in [2.24, 2.45) is 11.8 Å². The van der Waals surface area contributed by atoms with Crippen LogP contribution in [0.4, 0.5) is 0 Å². The molecule has 12 heavy (non-hydrogen) atoms. The number of hydrogen-bond donors (Lipinski definition) is 2. The molecule has 1 unspecified atom stereocenters. The van der Waals surface area contributed by atoms with Gasteiger partial charge < -0.3 is 0 Å². The number of hydrazine groups is 1. The van der Waals surface area contributed by atoms with Gasteiger partial charge in [0.2, 0.25) is 0 Å². The Morgan fingerprint density at radius 1 is 1.17 bits per heavy atom. The first-order valence-corrected chi connectivity index (χ1v) is 4.30. The summed E-state index contributed by atoms with van der Waals surface area (Å²) >= 11 is 0. The van der Waals surface area contributed by atoms with E-state index in [0.29, 0.717) is 6.04 Å². The third-order valence-electron chi connectivity index (χ3n) is 2.62. The molecule has 3 N–H and O–H groups in total. The minimum absolute atomic E-state index is 0. The summed E-state index contributed by atoms with van der Waals surface area (Å²) in [4.78, 5) is 0. The molecule has 0 bridgehead atoms. The van der Waals surface area contributed by atoms with Crippen molar-refractivity contribution >= 4 is 24.8 Å². The van der Waals surface area contributed by atoms with Crippen LogP contribution < -0.4 is 11.3 Å². The van der Waals surface area contributed by atoms with Gasteiger partial charge in [-0.15, -0.1) is 24.8 Å². The zero-order chi connectivity index (χ0) is 7.40. The fourth-order valence-electron chi connectivity index (χ4n) is 1.77. The zero-order valence-electron chi connectivity index (χ0n) is 7.58. The van der Waals surface area contributed by atoms with Gasteiger partial charge in [0.1, 0.15) is 0 Å². The summed E-state index contributed by atoms with van der Waals surface area (Å²) in [6, 6.07) is 0.514. The lowest BCUT2D eigenvalue weighted by molar-refractivity contribution is 0.284. The maximum absolute atomic E-state index is 5.35. The van der Waals surface area contributed by atoms with Crippen LogP contribution >= 0.6 is 24.8 Å². The molecule has 1 saturated carbocycles. The highest BCUT2D eigenvalue weighted by Gasteiger charge is 2.18.